The van der Waals surface area contributed by atoms with Crippen molar-refractivity contribution in [2.75, 3.05) is 6.26 Å². The van der Waals surface area contributed by atoms with Crippen molar-refractivity contribution in [2.45, 2.75) is 18.4 Å². The normalized spacial score (nSPS) is 11.5. The molecule has 2 heterocycles. The minimum atomic E-state index is -3.59. The van der Waals surface area contributed by atoms with Gasteiger partial charge in [-0.15, -0.1) is 0 Å². The van der Waals surface area contributed by atoms with Gasteiger partial charge in [0.05, 0.1) is 21.2 Å². The van der Waals surface area contributed by atoms with E-state index in [9.17, 15) is 18.0 Å². The second-order valence-electron chi connectivity index (χ2n) is 6.01. The number of sulfone groups is 1. The average molecular weight is 407 g/mol. The first kappa shape index (κ1) is 19.1. The number of nitrogens with zero attached hydrogens (tertiary/aromatic N) is 2. The molecule has 0 saturated carbocycles. The van der Waals surface area contributed by atoms with Crippen molar-refractivity contribution >= 4 is 33.1 Å². The average Bonchev–Trinajstić information content (AvgIpc) is 2.59. The number of aryl methyl sites for hydroxylation is 1. The molecule has 0 radical (unpaired) electrons. The van der Waals surface area contributed by atoms with Crippen molar-refractivity contribution in [3.63, 3.8) is 0 Å². The molecule has 0 amide bonds. The second-order valence-corrected chi connectivity index (χ2v) is 8.41. The summed E-state index contributed by atoms with van der Waals surface area (Å²) in [6, 6.07) is 8.63. The summed E-state index contributed by atoms with van der Waals surface area (Å²) in [4.78, 5) is 28.5. The lowest BCUT2D eigenvalue weighted by Crippen LogP contribution is -2.17. The topological polar surface area (TPSA) is 94.8 Å². The molecule has 2 aromatic heterocycles. The van der Waals surface area contributed by atoms with Crippen molar-refractivity contribution in [2.24, 2.45) is 0 Å². The number of ether oxygens (including phenoxy) is 1. The monoisotopic (exact) mass is 406 g/mol. The first-order valence-corrected chi connectivity index (χ1v) is 10.1. The number of aromatic nitrogens is 2. The maximum absolute atomic E-state index is 12.2. The summed E-state index contributed by atoms with van der Waals surface area (Å²) in [6.07, 6.45) is 2.67. The van der Waals surface area contributed by atoms with Gasteiger partial charge < -0.3 is 4.74 Å². The third-order valence-corrected chi connectivity index (χ3v) is 5.36. The van der Waals surface area contributed by atoms with E-state index in [1.54, 1.807) is 12.3 Å². The van der Waals surface area contributed by atoms with E-state index in [0.29, 0.717) is 5.65 Å². The predicted molar refractivity (Wildman–Crippen MR) is 99.9 cm³/mol. The summed E-state index contributed by atoms with van der Waals surface area (Å²) >= 11 is 5.86. The third-order valence-electron chi connectivity index (χ3n) is 3.78. The number of hydrogen-bond acceptors (Lipinski definition) is 6. The molecule has 0 saturated heterocycles. The summed E-state index contributed by atoms with van der Waals surface area (Å²) in [5.41, 5.74) is 1.38. The van der Waals surface area contributed by atoms with Crippen LogP contribution in [0.2, 0.25) is 5.02 Å². The number of esters is 1. The molecule has 9 heteroatoms. The van der Waals surface area contributed by atoms with Crippen LogP contribution in [0.5, 0.6) is 0 Å². The summed E-state index contributed by atoms with van der Waals surface area (Å²) in [6.45, 7) is 1.63. The Kier molecular flexibility index (Phi) is 5.03. The largest absolute Gasteiger partial charge is 0.456 e. The zero-order chi connectivity index (χ0) is 19.8. The minimum Gasteiger partial charge on any atom is -0.456 e. The molecule has 3 aromatic rings. The highest BCUT2D eigenvalue weighted by Crippen LogP contribution is 2.23. The Morgan fingerprint density at radius 1 is 1.22 bits per heavy atom. The Balaban J connectivity index is 1.83. The Labute approximate surface area is 160 Å². The molecule has 3 rings (SSSR count). The summed E-state index contributed by atoms with van der Waals surface area (Å²) in [5.74, 6) is -0.748. The van der Waals surface area contributed by atoms with Crippen LogP contribution < -0.4 is 5.56 Å². The first-order valence-electron chi connectivity index (χ1n) is 7.81. The van der Waals surface area contributed by atoms with E-state index < -0.39 is 15.8 Å². The number of carbonyl (C=O) groups is 1. The minimum absolute atomic E-state index is 0.0218. The van der Waals surface area contributed by atoms with Gasteiger partial charge in [-0.1, -0.05) is 17.7 Å². The Hall–Kier alpha value is -2.71. The molecule has 0 unspecified atom stereocenters. The van der Waals surface area contributed by atoms with E-state index in [0.717, 1.165) is 17.9 Å². The molecule has 0 bridgehead atoms. The van der Waals surface area contributed by atoms with E-state index in [-0.39, 0.29) is 33.3 Å². The zero-order valence-corrected chi connectivity index (χ0v) is 16.0. The Morgan fingerprint density at radius 2 is 1.96 bits per heavy atom. The van der Waals surface area contributed by atoms with Crippen LogP contribution in [-0.2, 0) is 21.2 Å². The van der Waals surface area contributed by atoms with Gasteiger partial charge in [-0.3, -0.25) is 9.20 Å². The molecule has 0 atom stereocenters. The van der Waals surface area contributed by atoms with Crippen LogP contribution in [0.4, 0.5) is 0 Å². The van der Waals surface area contributed by atoms with Gasteiger partial charge >= 0.3 is 5.97 Å². The maximum Gasteiger partial charge on any atom is 0.338 e. The molecule has 0 fully saturated rings. The van der Waals surface area contributed by atoms with Gasteiger partial charge in [0, 0.05) is 18.5 Å². The molecule has 140 valence electrons. The van der Waals surface area contributed by atoms with Crippen LogP contribution in [0, 0.1) is 6.92 Å². The van der Waals surface area contributed by atoms with Gasteiger partial charge in [0.1, 0.15) is 12.3 Å². The Bertz CT molecular complexity index is 1220. The number of hydrogen-bond donors (Lipinski definition) is 0. The predicted octanol–water partition coefficient (Wildman–Crippen LogP) is 2.42. The van der Waals surface area contributed by atoms with E-state index in [1.807, 2.05) is 13.0 Å². The maximum atomic E-state index is 12.2. The van der Waals surface area contributed by atoms with Crippen LogP contribution in [0.1, 0.15) is 21.6 Å². The van der Waals surface area contributed by atoms with Gasteiger partial charge in [-0.2, -0.15) is 0 Å². The van der Waals surface area contributed by atoms with Crippen molar-refractivity contribution in [1.29, 1.82) is 0 Å². The molecule has 27 heavy (non-hydrogen) atoms. The quantitative estimate of drug-likeness (QED) is 0.617. The van der Waals surface area contributed by atoms with Crippen molar-refractivity contribution in [3.8, 4) is 0 Å². The van der Waals surface area contributed by atoms with Crippen molar-refractivity contribution < 1.29 is 17.9 Å². The number of halogens is 1. The smallest absolute Gasteiger partial charge is 0.338 e. The van der Waals surface area contributed by atoms with Crippen molar-refractivity contribution in [1.82, 2.24) is 9.38 Å². The van der Waals surface area contributed by atoms with Gasteiger partial charge in [0.2, 0.25) is 0 Å². The molecule has 0 aliphatic heterocycles. The lowest BCUT2D eigenvalue weighted by molar-refractivity contribution is 0.0467. The van der Waals surface area contributed by atoms with Gasteiger partial charge in [0.15, 0.2) is 9.84 Å². The lowest BCUT2D eigenvalue weighted by Gasteiger charge is -2.08. The van der Waals surface area contributed by atoms with Crippen LogP contribution >= 0.6 is 11.6 Å². The van der Waals surface area contributed by atoms with E-state index in [1.165, 1.54) is 22.6 Å². The number of carbonyl (C=O) groups excluding carboxylic acids is 1. The van der Waals surface area contributed by atoms with Crippen molar-refractivity contribution in [3.05, 3.63) is 74.8 Å². The number of benzene rings is 1. The van der Waals surface area contributed by atoms with E-state index in [4.69, 9.17) is 16.3 Å². The summed E-state index contributed by atoms with van der Waals surface area (Å²) in [7, 11) is -3.59. The van der Waals surface area contributed by atoms with Crippen LogP contribution in [0.3, 0.4) is 0 Å². The fourth-order valence-electron chi connectivity index (χ4n) is 2.47. The highest BCUT2D eigenvalue weighted by atomic mass is 35.5. The summed E-state index contributed by atoms with van der Waals surface area (Å²) in [5, 5.41) is 0.0218. The first-order chi connectivity index (χ1) is 12.6. The van der Waals surface area contributed by atoms with Crippen LogP contribution in [0.25, 0.3) is 5.65 Å². The summed E-state index contributed by atoms with van der Waals surface area (Å²) < 4.78 is 30.0. The molecular formula is C18H15ClN2O5S. The molecule has 1 aromatic carbocycles. The fraction of sp³-hybridized carbons (Fsp3) is 0.167. The lowest BCUT2D eigenvalue weighted by atomic mass is 10.2. The van der Waals surface area contributed by atoms with Gasteiger partial charge in [-0.25, -0.2) is 18.2 Å². The number of pyridine rings is 1. The van der Waals surface area contributed by atoms with Gasteiger partial charge in [-0.05, 0) is 36.8 Å². The molecule has 7 nitrogen and oxygen atoms in total. The van der Waals surface area contributed by atoms with Gasteiger partial charge in [0.25, 0.3) is 5.56 Å². The Morgan fingerprint density at radius 3 is 2.67 bits per heavy atom. The molecular weight excluding hydrogens is 392 g/mol. The molecule has 0 N–H and O–H groups in total. The van der Waals surface area contributed by atoms with E-state index >= 15 is 0 Å². The highest BCUT2D eigenvalue weighted by Gasteiger charge is 2.17. The zero-order valence-electron chi connectivity index (χ0n) is 14.5. The standard InChI is InChI=1S/C18H15ClN2O5S/c1-11-3-6-16-20-13(8-17(22)21(16)9-11)10-26-18(23)12-4-5-14(19)15(7-12)27(2,24)25/h3-9H,10H2,1-2H3. The second kappa shape index (κ2) is 7.13. The highest BCUT2D eigenvalue weighted by molar-refractivity contribution is 7.90. The van der Waals surface area contributed by atoms with Crippen LogP contribution in [-0.4, -0.2) is 30.0 Å². The van der Waals surface area contributed by atoms with E-state index in [2.05, 4.69) is 4.98 Å². The molecule has 0 spiro atoms. The number of rotatable bonds is 4. The third kappa shape index (κ3) is 4.17. The molecule has 0 aliphatic carbocycles. The SMILES string of the molecule is Cc1ccc2nc(COC(=O)c3ccc(Cl)c(S(C)(=O)=O)c3)cc(=O)n2c1. The fourth-order valence-corrected chi connectivity index (χ4v) is 3.77. The molecule has 0 aliphatic rings. The van der Waals surface area contributed by atoms with Crippen LogP contribution in [0.15, 0.2) is 52.3 Å². The number of fused-ring (bicyclic) bond motifs is 1.